The van der Waals surface area contributed by atoms with E-state index < -0.39 is 16.0 Å². The van der Waals surface area contributed by atoms with Crippen LogP contribution >= 0.6 is 11.6 Å². The molecule has 1 aliphatic rings. The van der Waals surface area contributed by atoms with E-state index in [1.54, 1.807) is 10.7 Å². The predicted octanol–water partition coefficient (Wildman–Crippen LogP) is 2.38. The van der Waals surface area contributed by atoms with Crippen LogP contribution in [0.25, 0.3) is 0 Å². The molecule has 1 aromatic carbocycles. The van der Waals surface area contributed by atoms with Crippen LogP contribution in [0.4, 0.5) is 5.82 Å². The van der Waals surface area contributed by atoms with Gasteiger partial charge in [0.15, 0.2) is 5.82 Å². The maximum Gasteiger partial charge on any atom is 0.339 e. The molecule has 0 unspecified atom stereocenters. The van der Waals surface area contributed by atoms with Gasteiger partial charge in [-0.1, -0.05) is 11.6 Å². The van der Waals surface area contributed by atoms with Crippen LogP contribution in [0.15, 0.2) is 23.1 Å². The Kier molecular flexibility index (Phi) is 4.61. The standard InChI is InChI=1S/C15H16ClN3O5S/c1-24-12-8-13(11(16)7-10(12)15(20)21)25(22,23)18-14-6-9-4-2-3-5-19(9)17-14/h6-8H,2-5H2,1H3,(H,17,18)(H,20,21). The van der Waals surface area contributed by atoms with Gasteiger partial charge in [0.25, 0.3) is 10.0 Å². The molecule has 0 saturated heterocycles. The van der Waals surface area contributed by atoms with Gasteiger partial charge in [-0.05, 0) is 25.3 Å². The number of halogens is 1. The molecule has 0 amide bonds. The van der Waals surface area contributed by atoms with Gasteiger partial charge >= 0.3 is 5.97 Å². The highest BCUT2D eigenvalue weighted by Gasteiger charge is 2.25. The smallest absolute Gasteiger partial charge is 0.339 e. The zero-order chi connectivity index (χ0) is 18.2. The molecule has 2 heterocycles. The molecule has 0 atom stereocenters. The second-order valence-electron chi connectivity index (χ2n) is 5.59. The number of aromatic nitrogens is 2. The van der Waals surface area contributed by atoms with Crippen molar-refractivity contribution < 1.29 is 23.1 Å². The number of carboxylic acids is 1. The third kappa shape index (κ3) is 3.42. The summed E-state index contributed by atoms with van der Waals surface area (Å²) >= 11 is 5.99. The Hall–Kier alpha value is -2.26. The Morgan fingerprint density at radius 2 is 2.12 bits per heavy atom. The molecule has 1 aliphatic heterocycles. The summed E-state index contributed by atoms with van der Waals surface area (Å²) in [6.07, 6.45) is 2.88. The molecular formula is C15H16ClN3O5S. The van der Waals surface area contributed by atoms with Gasteiger partial charge in [-0.15, -0.1) is 0 Å². The molecular weight excluding hydrogens is 370 g/mol. The Morgan fingerprint density at radius 3 is 2.76 bits per heavy atom. The number of anilines is 1. The summed E-state index contributed by atoms with van der Waals surface area (Å²) in [6, 6.07) is 3.83. The van der Waals surface area contributed by atoms with Gasteiger partial charge in [-0.3, -0.25) is 9.40 Å². The average Bonchev–Trinajstić information content (AvgIpc) is 2.95. The number of methoxy groups -OCH3 is 1. The number of aromatic carboxylic acids is 1. The highest BCUT2D eigenvalue weighted by atomic mass is 35.5. The molecule has 8 nitrogen and oxygen atoms in total. The fourth-order valence-electron chi connectivity index (χ4n) is 2.74. The number of nitrogens with one attached hydrogen (secondary N) is 1. The largest absolute Gasteiger partial charge is 0.496 e. The molecule has 2 aromatic rings. The summed E-state index contributed by atoms with van der Waals surface area (Å²) in [7, 11) is -2.80. The van der Waals surface area contributed by atoms with E-state index in [-0.39, 0.29) is 27.0 Å². The van der Waals surface area contributed by atoms with Crippen LogP contribution in [-0.4, -0.2) is 36.4 Å². The van der Waals surface area contributed by atoms with Crippen LogP contribution < -0.4 is 9.46 Å². The summed E-state index contributed by atoms with van der Waals surface area (Å²) in [4.78, 5) is 10.9. The first-order chi connectivity index (χ1) is 11.8. The van der Waals surface area contributed by atoms with Crippen molar-refractivity contribution in [3.63, 3.8) is 0 Å². The molecule has 0 saturated carbocycles. The molecule has 2 N–H and O–H groups in total. The Labute approximate surface area is 149 Å². The van der Waals surface area contributed by atoms with Crippen LogP contribution in [0.3, 0.4) is 0 Å². The summed E-state index contributed by atoms with van der Waals surface area (Å²) in [5.74, 6) is -1.16. The third-order valence-corrected chi connectivity index (χ3v) is 5.75. The summed E-state index contributed by atoms with van der Waals surface area (Å²) < 4.78 is 34.4. The lowest BCUT2D eigenvalue weighted by Crippen LogP contribution is -2.15. The van der Waals surface area contributed by atoms with E-state index in [1.807, 2.05) is 0 Å². The lowest BCUT2D eigenvalue weighted by atomic mass is 10.1. The molecule has 0 radical (unpaired) electrons. The topological polar surface area (TPSA) is 111 Å². The molecule has 10 heteroatoms. The number of carbonyl (C=O) groups is 1. The first-order valence-electron chi connectivity index (χ1n) is 7.52. The number of nitrogens with zero attached hydrogens (tertiary/aromatic N) is 2. The average molecular weight is 386 g/mol. The molecule has 1 aromatic heterocycles. The number of hydrogen-bond donors (Lipinski definition) is 2. The highest BCUT2D eigenvalue weighted by Crippen LogP contribution is 2.31. The quantitative estimate of drug-likeness (QED) is 0.817. The fraction of sp³-hybridized carbons (Fsp3) is 0.333. The fourth-order valence-corrected chi connectivity index (χ4v) is 4.27. The maximum absolute atomic E-state index is 12.6. The van der Waals surface area contributed by atoms with Crippen LogP contribution in [0.5, 0.6) is 5.75 Å². The van der Waals surface area contributed by atoms with E-state index in [0.717, 1.165) is 43.6 Å². The minimum absolute atomic E-state index is 0.0959. The Morgan fingerprint density at radius 1 is 1.36 bits per heavy atom. The van der Waals surface area contributed by atoms with Gasteiger partial charge in [-0.25, -0.2) is 13.2 Å². The first kappa shape index (κ1) is 17.6. The zero-order valence-corrected chi connectivity index (χ0v) is 14.9. The van der Waals surface area contributed by atoms with Gasteiger partial charge in [-0.2, -0.15) is 5.10 Å². The van der Waals surface area contributed by atoms with Crippen LogP contribution in [-0.2, 0) is 23.0 Å². The Balaban J connectivity index is 1.97. The summed E-state index contributed by atoms with van der Waals surface area (Å²) in [5.41, 5.74) is 0.748. The molecule has 0 spiro atoms. The Bertz CT molecular complexity index is 915. The van der Waals surface area contributed by atoms with E-state index in [4.69, 9.17) is 21.4 Å². The van der Waals surface area contributed by atoms with Crippen molar-refractivity contribution in [1.29, 1.82) is 0 Å². The van der Waals surface area contributed by atoms with Gasteiger partial charge < -0.3 is 9.84 Å². The number of ether oxygens (including phenoxy) is 1. The van der Waals surface area contributed by atoms with E-state index in [0.29, 0.717) is 0 Å². The van der Waals surface area contributed by atoms with Crippen molar-refractivity contribution in [2.24, 2.45) is 0 Å². The number of fused-ring (bicyclic) bond motifs is 1. The minimum atomic E-state index is -4.05. The third-order valence-electron chi connectivity index (χ3n) is 3.93. The molecule has 25 heavy (non-hydrogen) atoms. The number of hydrogen-bond acceptors (Lipinski definition) is 5. The van der Waals surface area contributed by atoms with E-state index in [1.165, 1.54) is 7.11 Å². The molecule has 0 bridgehead atoms. The van der Waals surface area contributed by atoms with Crippen LogP contribution in [0.1, 0.15) is 28.9 Å². The van der Waals surface area contributed by atoms with Gasteiger partial charge in [0.1, 0.15) is 16.2 Å². The van der Waals surface area contributed by atoms with Crippen molar-refractivity contribution in [1.82, 2.24) is 9.78 Å². The maximum atomic E-state index is 12.6. The summed E-state index contributed by atoms with van der Waals surface area (Å²) in [6.45, 7) is 0.749. The second-order valence-corrected chi connectivity index (χ2v) is 7.65. The first-order valence-corrected chi connectivity index (χ1v) is 9.38. The minimum Gasteiger partial charge on any atom is -0.496 e. The number of aryl methyl sites for hydroxylation is 2. The predicted molar refractivity (Wildman–Crippen MR) is 90.9 cm³/mol. The van der Waals surface area contributed by atoms with Crippen molar-refractivity contribution in [2.75, 3.05) is 11.8 Å². The van der Waals surface area contributed by atoms with Crippen LogP contribution in [0, 0.1) is 0 Å². The van der Waals surface area contributed by atoms with Crippen molar-refractivity contribution in [3.8, 4) is 5.75 Å². The van der Waals surface area contributed by atoms with Crippen molar-refractivity contribution >= 4 is 33.4 Å². The lowest BCUT2D eigenvalue weighted by molar-refractivity contribution is 0.0693. The normalized spacial score (nSPS) is 14.0. The van der Waals surface area contributed by atoms with Crippen LogP contribution in [0.2, 0.25) is 5.02 Å². The van der Waals surface area contributed by atoms with Crippen molar-refractivity contribution in [2.45, 2.75) is 30.7 Å². The molecule has 0 aliphatic carbocycles. The molecule has 134 valence electrons. The number of sulfonamides is 1. The lowest BCUT2D eigenvalue weighted by Gasteiger charge is -2.12. The van der Waals surface area contributed by atoms with Gasteiger partial charge in [0.05, 0.1) is 12.1 Å². The molecule has 3 rings (SSSR count). The van der Waals surface area contributed by atoms with Crippen molar-refractivity contribution in [3.05, 3.63) is 34.5 Å². The number of carboxylic acid groups (broad SMARTS) is 1. The van der Waals surface area contributed by atoms with E-state index >= 15 is 0 Å². The van der Waals surface area contributed by atoms with E-state index in [2.05, 4.69) is 9.82 Å². The zero-order valence-electron chi connectivity index (χ0n) is 13.3. The SMILES string of the molecule is COc1cc(S(=O)(=O)Nc2cc3n(n2)CCCC3)c(Cl)cc1C(=O)O. The second kappa shape index (κ2) is 6.57. The highest BCUT2D eigenvalue weighted by molar-refractivity contribution is 7.92. The summed E-state index contributed by atoms with van der Waals surface area (Å²) in [5, 5.41) is 13.2. The monoisotopic (exact) mass is 385 g/mol. The number of rotatable bonds is 5. The van der Waals surface area contributed by atoms with Gasteiger partial charge in [0, 0.05) is 24.4 Å². The van der Waals surface area contributed by atoms with E-state index in [9.17, 15) is 13.2 Å². The van der Waals surface area contributed by atoms with Gasteiger partial charge in [0.2, 0.25) is 0 Å². The molecule has 0 fully saturated rings. The number of benzene rings is 1.